The van der Waals surface area contributed by atoms with Gasteiger partial charge in [0.1, 0.15) is 11.3 Å². The van der Waals surface area contributed by atoms with E-state index >= 15 is 0 Å². The second-order valence-corrected chi connectivity index (χ2v) is 5.47. The first-order valence-corrected chi connectivity index (χ1v) is 7.06. The fraction of sp³-hybridized carbons (Fsp3) is 0.500. The maximum Gasteiger partial charge on any atom is 0.134 e. The molecule has 0 saturated heterocycles. The van der Waals surface area contributed by atoms with Crippen LogP contribution >= 0.6 is 0 Å². The largest absolute Gasteiger partial charge is 0.459 e. The molecule has 2 unspecified atom stereocenters. The highest BCUT2D eigenvalue weighted by molar-refractivity contribution is 5.78. The van der Waals surface area contributed by atoms with Crippen molar-refractivity contribution in [1.29, 1.82) is 0 Å². The molecule has 1 aliphatic carbocycles. The molecule has 1 aromatic carbocycles. The number of benzene rings is 1. The summed E-state index contributed by atoms with van der Waals surface area (Å²) >= 11 is 0. The van der Waals surface area contributed by atoms with Gasteiger partial charge in [0.05, 0.1) is 12.1 Å². The molecule has 19 heavy (non-hydrogen) atoms. The SMILES string of the molecule is CCOC(C1CC1)C(N)c1cc2cc(C)ccc2o1. The lowest BCUT2D eigenvalue weighted by Crippen LogP contribution is -2.30. The average Bonchev–Trinajstić information content (AvgIpc) is 3.14. The van der Waals surface area contributed by atoms with Crippen LogP contribution in [0.1, 0.15) is 37.1 Å². The normalized spacial score (nSPS) is 18.7. The van der Waals surface area contributed by atoms with E-state index in [0.29, 0.717) is 12.5 Å². The number of ether oxygens (including phenoxy) is 1. The highest BCUT2D eigenvalue weighted by Crippen LogP contribution is 2.40. The second kappa shape index (κ2) is 4.99. The minimum absolute atomic E-state index is 0.0895. The standard InChI is InChI=1S/C16H21NO2/c1-3-18-16(11-5-6-11)15(17)14-9-12-8-10(2)4-7-13(12)19-14/h4,7-9,11,15-16H,3,5-6,17H2,1-2H3. The maximum atomic E-state index is 6.35. The van der Waals surface area contributed by atoms with Crippen molar-refractivity contribution in [3.8, 4) is 0 Å². The molecule has 1 aliphatic rings. The van der Waals surface area contributed by atoms with Crippen molar-refractivity contribution in [3.05, 3.63) is 35.6 Å². The van der Waals surface area contributed by atoms with E-state index in [9.17, 15) is 0 Å². The van der Waals surface area contributed by atoms with Crippen molar-refractivity contribution in [2.75, 3.05) is 6.61 Å². The van der Waals surface area contributed by atoms with Gasteiger partial charge < -0.3 is 14.9 Å². The Kier molecular flexibility index (Phi) is 3.33. The van der Waals surface area contributed by atoms with Crippen molar-refractivity contribution < 1.29 is 9.15 Å². The predicted octanol–water partition coefficient (Wildman–Crippen LogP) is 3.56. The summed E-state index contributed by atoms with van der Waals surface area (Å²) in [5.41, 5.74) is 8.49. The lowest BCUT2D eigenvalue weighted by atomic mass is 10.0. The molecule has 1 saturated carbocycles. The Hall–Kier alpha value is -1.32. The minimum atomic E-state index is -0.167. The zero-order valence-corrected chi connectivity index (χ0v) is 11.6. The van der Waals surface area contributed by atoms with Gasteiger partial charge in [-0.15, -0.1) is 0 Å². The highest BCUT2D eigenvalue weighted by atomic mass is 16.5. The van der Waals surface area contributed by atoms with E-state index < -0.39 is 0 Å². The van der Waals surface area contributed by atoms with Crippen molar-refractivity contribution in [2.24, 2.45) is 11.7 Å². The molecule has 0 radical (unpaired) electrons. The van der Waals surface area contributed by atoms with Crippen LogP contribution in [0.15, 0.2) is 28.7 Å². The van der Waals surface area contributed by atoms with Gasteiger partial charge in [-0.3, -0.25) is 0 Å². The van der Waals surface area contributed by atoms with Crippen molar-refractivity contribution in [2.45, 2.75) is 38.8 Å². The highest BCUT2D eigenvalue weighted by Gasteiger charge is 2.37. The van der Waals surface area contributed by atoms with Crippen LogP contribution in [0.5, 0.6) is 0 Å². The van der Waals surface area contributed by atoms with E-state index in [2.05, 4.69) is 25.1 Å². The third kappa shape index (κ3) is 2.53. The summed E-state index contributed by atoms with van der Waals surface area (Å²) in [5.74, 6) is 1.44. The van der Waals surface area contributed by atoms with Crippen LogP contribution in [0.4, 0.5) is 0 Å². The van der Waals surface area contributed by atoms with E-state index in [-0.39, 0.29) is 12.1 Å². The number of nitrogens with two attached hydrogens (primary N) is 1. The fourth-order valence-corrected chi connectivity index (χ4v) is 2.66. The van der Waals surface area contributed by atoms with Crippen LogP contribution < -0.4 is 5.73 Å². The van der Waals surface area contributed by atoms with Crippen molar-refractivity contribution in [1.82, 2.24) is 0 Å². The van der Waals surface area contributed by atoms with Gasteiger partial charge in [0, 0.05) is 12.0 Å². The molecule has 0 bridgehead atoms. The Balaban J connectivity index is 1.89. The molecule has 0 aliphatic heterocycles. The molecule has 1 fully saturated rings. The minimum Gasteiger partial charge on any atom is -0.459 e. The van der Waals surface area contributed by atoms with E-state index in [1.165, 1.54) is 18.4 Å². The Bertz CT molecular complexity index is 571. The van der Waals surface area contributed by atoms with Crippen LogP contribution in [0.2, 0.25) is 0 Å². The van der Waals surface area contributed by atoms with Crippen LogP contribution in [-0.4, -0.2) is 12.7 Å². The fourth-order valence-electron chi connectivity index (χ4n) is 2.66. The quantitative estimate of drug-likeness (QED) is 0.893. The first-order chi connectivity index (χ1) is 9.19. The second-order valence-electron chi connectivity index (χ2n) is 5.47. The van der Waals surface area contributed by atoms with Gasteiger partial charge in [-0.2, -0.15) is 0 Å². The number of aryl methyl sites for hydroxylation is 1. The molecule has 1 aromatic heterocycles. The molecule has 0 spiro atoms. The van der Waals surface area contributed by atoms with Crippen LogP contribution in [0.3, 0.4) is 0 Å². The van der Waals surface area contributed by atoms with E-state index in [1.54, 1.807) is 0 Å². The number of hydrogen-bond acceptors (Lipinski definition) is 3. The molecule has 0 amide bonds. The first-order valence-electron chi connectivity index (χ1n) is 7.06. The lowest BCUT2D eigenvalue weighted by Gasteiger charge is -2.21. The zero-order valence-electron chi connectivity index (χ0n) is 11.6. The third-order valence-electron chi connectivity index (χ3n) is 3.82. The molecule has 3 heteroatoms. The number of fused-ring (bicyclic) bond motifs is 1. The number of hydrogen-bond donors (Lipinski definition) is 1. The average molecular weight is 259 g/mol. The van der Waals surface area contributed by atoms with Gasteiger partial charge in [-0.1, -0.05) is 11.6 Å². The summed E-state index contributed by atoms with van der Waals surface area (Å²) in [6.45, 7) is 4.80. The van der Waals surface area contributed by atoms with Gasteiger partial charge in [0.2, 0.25) is 0 Å². The molecular weight excluding hydrogens is 238 g/mol. The summed E-state index contributed by atoms with van der Waals surface area (Å²) in [4.78, 5) is 0. The summed E-state index contributed by atoms with van der Waals surface area (Å²) in [6.07, 6.45) is 2.53. The summed E-state index contributed by atoms with van der Waals surface area (Å²) in [7, 11) is 0. The van der Waals surface area contributed by atoms with Crippen LogP contribution in [-0.2, 0) is 4.74 Å². The number of furan rings is 1. The molecule has 2 aromatic rings. The summed E-state index contributed by atoms with van der Waals surface area (Å²) in [6, 6.07) is 8.08. The molecule has 2 N–H and O–H groups in total. The van der Waals surface area contributed by atoms with E-state index in [1.807, 2.05) is 13.0 Å². The van der Waals surface area contributed by atoms with Gasteiger partial charge in [0.15, 0.2) is 0 Å². The Morgan fingerprint density at radius 1 is 1.37 bits per heavy atom. The maximum absolute atomic E-state index is 6.35. The third-order valence-corrected chi connectivity index (χ3v) is 3.82. The predicted molar refractivity (Wildman–Crippen MR) is 76.0 cm³/mol. The van der Waals surface area contributed by atoms with Gasteiger partial charge in [-0.25, -0.2) is 0 Å². The Morgan fingerprint density at radius 3 is 2.84 bits per heavy atom. The van der Waals surface area contributed by atoms with Crippen molar-refractivity contribution >= 4 is 11.0 Å². The van der Waals surface area contributed by atoms with Gasteiger partial charge in [0.25, 0.3) is 0 Å². The zero-order chi connectivity index (χ0) is 13.4. The Morgan fingerprint density at radius 2 is 2.16 bits per heavy atom. The van der Waals surface area contributed by atoms with E-state index in [0.717, 1.165) is 16.7 Å². The summed E-state index contributed by atoms with van der Waals surface area (Å²) in [5, 5.41) is 1.12. The molecule has 3 nitrogen and oxygen atoms in total. The Labute approximate surface area is 113 Å². The molecular formula is C16H21NO2. The topological polar surface area (TPSA) is 48.4 Å². The molecule has 1 heterocycles. The van der Waals surface area contributed by atoms with E-state index in [4.69, 9.17) is 14.9 Å². The van der Waals surface area contributed by atoms with Gasteiger partial charge in [-0.05, 0) is 50.8 Å². The van der Waals surface area contributed by atoms with Gasteiger partial charge >= 0.3 is 0 Å². The monoisotopic (exact) mass is 259 g/mol. The summed E-state index contributed by atoms with van der Waals surface area (Å²) < 4.78 is 11.7. The number of rotatable bonds is 5. The molecule has 3 rings (SSSR count). The first kappa shape index (κ1) is 12.7. The molecule has 102 valence electrons. The van der Waals surface area contributed by atoms with Crippen LogP contribution in [0.25, 0.3) is 11.0 Å². The smallest absolute Gasteiger partial charge is 0.134 e. The van der Waals surface area contributed by atoms with Crippen molar-refractivity contribution in [3.63, 3.8) is 0 Å². The molecule has 2 atom stereocenters. The van der Waals surface area contributed by atoms with Crippen LogP contribution in [0, 0.1) is 12.8 Å². The lowest BCUT2D eigenvalue weighted by molar-refractivity contribution is 0.0238.